The molecule has 1 aromatic heterocycles. The number of likely N-dealkylation sites (N-methyl/N-ethyl adjacent to an activating group) is 1. The summed E-state index contributed by atoms with van der Waals surface area (Å²) in [5.41, 5.74) is 0. The van der Waals surface area contributed by atoms with E-state index in [1.165, 1.54) is 15.6 Å². The van der Waals surface area contributed by atoms with E-state index in [1.54, 1.807) is 25.5 Å². The molecule has 0 aliphatic heterocycles. The molecule has 0 amide bonds. The van der Waals surface area contributed by atoms with Gasteiger partial charge in [0.05, 0.1) is 11.5 Å². The molecule has 0 aliphatic rings. The topological polar surface area (TPSA) is 58.6 Å². The van der Waals surface area contributed by atoms with Gasteiger partial charge in [0.15, 0.2) is 0 Å². The first-order chi connectivity index (χ1) is 8.54. The molecule has 0 spiro atoms. The number of hydrogen-bond acceptors (Lipinski definition) is 5. The molecule has 0 fully saturated rings. The molecule has 18 heavy (non-hydrogen) atoms. The molecule has 0 saturated heterocycles. The molecule has 104 valence electrons. The summed E-state index contributed by atoms with van der Waals surface area (Å²) in [5.74, 6) is 0. The molecule has 0 unspecified atom stereocenters. The Labute approximate surface area is 113 Å². The number of sulfonamides is 1. The second kappa shape index (κ2) is 7.20. The lowest BCUT2D eigenvalue weighted by Crippen LogP contribution is -2.30. The van der Waals surface area contributed by atoms with Crippen LogP contribution in [0.5, 0.6) is 0 Å². The normalized spacial score (nSPS) is 12.2. The van der Waals surface area contributed by atoms with E-state index in [-0.39, 0.29) is 0 Å². The van der Waals surface area contributed by atoms with Crippen molar-refractivity contribution in [3.8, 4) is 0 Å². The molecular weight excluding hydrogens is 272 g/mol. The quantitative estimate of drug-likeness (QED) is 0.730. The third kappa shape index (κ3) is 3.76. The van der Waals surface area contributed by atoms with E-state index in [0.29, 0.717) is 31.2 Å². The van der Waals surface area contributed by atoms with Crippen LogP contribution in [0.2, 0.25) is 0 Å². The average molecular weight is 292 g/mol. The summed E-state index contributed by atoms with van der Waals surface area (Å²) >= 11 is 1.45. The number of hydrogen-bond donors (Lipinski definition) is 1. The van der Waals surface area contributed by atoms with Crippen LogP contribution in [0.4, 0.5) is 0 Å². The molecular formula is C11H20N2O3S2. The molecule has 1 heterocycles. The summed E-state index contributed by atoms with van der Waals surface area (Å²) in [6.45, 7) is 3.82. The van der Waals surface area contributed by atoms with E-state index < -0.39 is 10.0 Å². The highest BCUT2D eigenvalue weighted by Crippen LogP contribution is 2.24. The minimum Gasteiger partial charge on any atom is -0.380 e. The molecule has 1 N–H and O–H groups in total. The molecule has 0 saturated carbocycles. The maximum Gasteiger partial charge on any atom is 0.244 e. The van der Waals surface area contributed by atoms with Crippen LogP contribution in [0.1, 0.15) is 11.8 Å². The number of ether oxygens (including phenoxy) is 1. The van der Waals surface area contributed by atoms with Gasteiger partial charge in [-0.3, -0.25) is 0 Å². The van der Waals surface area contributed by atoms with Crippen LogP contribution in [-0.2, 0) is 21.3 Å². The van der Waals surface area contributed by atoms with Crippen molar-refractivity contribution in [2.45, 2.75) is 18.4 Å². The van der Waals surface area contributed by atoms with Crippen LogP contribution in [0.15, 0.2) is 16.3 Å². The lowest BCUT2D eigenvalue weighted by Gasteiger charge is -2.17. The van der Waals surface area contributed by atoms with Crippen LogP contribution in [0.25, 0.3) is 0 Å². The molecule has 1 rings (SSSR count). The van der Waals surface area contributed by atoms with Gasteiger partial charge in [-0.25, -0.2) is 8.42 Å². The number of rotatable bonds is 8. The molecule has 0 bridgehead atoms. The molecule has 0 radical (unpaired) electrons. The van der Waals surface area contributed by atoms with E-state index in [4.69, 9.17) is 4.74 Å². The zero-order chi connectivity index (χ0) is 13.6. The van der Waals surface area contributed by atoms with Gasteiger partial charge in [0.1, 0.15) is 0 Å². The van der Waals surface area contributed by atoms with Crippen molar-refractivity contribution in [2.24, 2.45) is 0 Å². The Bertz CT molecular complexity index is 457. The summed E-state index contributed by atoms with van der Waals surface area (Å²) < 4.78 is 31.2. The van der Waals surface area contributed by atoms with Crippen molar-refractivity contribution in [3.63, 3.8) is 0 Å². The van der Waals surface area contributed by atoms with E-state index >= 15 is 0 Å². The molecule has 7 heteroatoms. The van der Waals surface area contributed by atoms with Crippen molar-refractivity contribution in [3.05, 3.63) is 16.3 Å². The van der Waals surface area contributed by atoms with Crippen LogP contribution in [-0.4, -0.2) is 46.6 Å². The lowest BCUT2D eigenvalue weighted by molar-refractivity contribution is 0.138. The SMILES string of the molecule is CCOCCN(C)S(=O)(=O)c1ccsc1CNC. The van der Waals surface area contributed by atoms with Gasteiger partial charge in [0.25, 0.3) is 0 Å². The first-order valence-electron chi connectivity index (χ1n) is 5.79. The van der Waals surface area contributed by atoms with Gasteiger partial charge < -0.3 is 10.1 Å². The minimum absolute atomic E-state index is 0.366. The molecule has 1 aromatic rings. The van der Waals surface area contributed by atoms with E-state index in [0.717, 1.165) is 4.88 Å². The van der Waals surface area contributed by atoms with Gasteiger partial charge in [-0.2, -0.15) is 4.31 Å². The standard InChI is InChI=1S/C11H20N2O3S2/c1-4-16-7-6-13(3)18(14,15)11-5-8-17-10(11)9-12-2/h5,8,12H,4,6-7,9H2,1-3H3. The van der Waals surface area contributed by atoms with Crippen molar-refractivity contribution in [2.75, 3.05) is 33.9 Å². The van der Waals surface area contributed by atoms with Crippen molar-refractivity contribution >= 4 is 21.4 Å². The summed E-state index contributed by atoms with van der Waals surface area (Å²) in [7, 11) is -0.0261. The van der Waals surface area contributed by atoms with Gasteiger partial charge in [-0.1, -0.05) is 0 Å². The third-order valence-corrected chi connectivity index (χ3v) is 5.48. The molecule has 0 atom stereocenters. The van der Waals surface area contributed by atoms with E-state index in [2.05, 4.69) is 5.32 Å². The van der Waals surface area contributed by atoms with Crippen molar-refractivity contribution in [1.29, 1.82) is 0 Å². The van der Waals surface area contributed by atoms with E-state index in [9.17, 15) is 8.42 Å². The van der Waals surface area contributed by atoms with Gasteiger partial charge in [-0.15, -0.1) is 11.3 Å². The first-order valence-corrected chi connectivity index (χ1v) is 8.11. The second-order valence-corrected chi connectivity index (χ2v) is 6.78. The number of nitrogens with one attached hydrogen (secondary N) is 1. The maximum absolute atomic E-state index is 12.3. The Kier molecular flexibility index (Phi) is 6.24. The molecule has 0 aliphatic carbocycles. The summed E-state index contributed by atoms with van der Waals surface area (Å²) in [4.78, 5) is 1.22. The second-order valence-electron chi connectivity index (χ2n) is 3.76. The van der Waals surface area contributed by atoms with Crippen LogP contribution in [0.3, 0.4) is 0 Å². The zero-order valence-electron chi connectivity index (χ0n) is 11.0. The van der Waals surface area contributed by atoms with E-state index in [1.807, 2.05) is 6.92 Å². The van der Waals surface area contributed by atoms with Gasteiger partial charge in [0, 0.05) is 31.6 Å². The fraction of sp³-hybridized carbons (Fsp3) is 0.636. The first kappa shape index (κ1) is 15.6. The Morgan fingerprint density at radius 1 is 1.50 bits per heavy atom. The smallest absolute Gasteiger partial charge is 0.244 e. The Balaban J connectivity index is 2.81. The zero-order valence-corrected chi connectivity index (χ0v) is 12.6. The monoisotopic (exact) mass is 292 g/mol. The Hall–Kier alpha value is -0.470. The fourth-order valence-corrected chi connectivity index (χ4v) is 4.05. The minimum atomic E-state index is -3.41. The molecule has 0 aromatic carbocycles. The third-order valence-electron chi connectivity index (χ3n) is 2.48. The predicted molar refractivity (Wildman–Crippen MR) is 73.4 cm³/mol. The van der Waals surface area contributed by atoms with Gasteiger partial charge >= 0.3 is 0 Å². The van der Waals surface area contributed by atoms with Crippen LogP contribution < -0.4 is 5.32 Å². The predicted octanol–water partition coefficient (Wildman–Crippen LogP) is 1.12. The van der Waals surface area contributed by atoms with Gasteiger partial charge in [0.2, 0.25) is 10.0 Å². The largest absolute Gasteiger partial charge is 0.380 e. The highest BCUT2D eigenvalue weighted by molar-refractivity contribution is 7.89. The highest BCUT2D eigenvalue weighted by atomic mass is 32.2. The maximum atomic E-state index is 12.3. The summed E-state index contributed by atoms with van der Waals surface area (Å²) in [5, 5.41) is 4.78. The van der Waals surface area contributed by atoms with Crippen LogP contribution in [0, 0.1) is 0 Å². The fourth-order valence-electron chi connectivity index (χ4n) is 1.47. The highest BCUT2D eigenvalue weighted by Gasteiger charge is 2.24. The Morgan fingerprint density at radius 2 is 2.22 bits per heavy atom. The number of nitrogens with zero attached hydrogens (tertiary/aromatic N) is 1. The number of thiophene rings is 1. The van der Waals surface area contributed by atoms with Crippen LogP contribution >= 0.6 is 11.3 Å². The molecule has 5 nitrogen and oxygen atoms in total. The van der Waals surface area contributed by atoms with Crippen molar-refractivity contribution in [1.82, 2.24) is 9.62 Å². The Morgan fingerprint density at radius 3 is 2.83 bits per heavy atom. The lowest BCUT2D eigenvalue weighted by atomic mass is 10.5. The van der Waals surface area contributed by atoms with Gasteiger partial charge in [-0.05, 0) is 25.4 Å². The van der Waals surface area contributed by atoms with Crippen molar-refractivity contribution < 1.29 is 13.2 Å². The summed E-state index contributed by atoms with van der Waals surface area (Å²) in [6, 6.07) is 1.66. The summed E-state index contributed by atoms with van der Waals surface area (Å²) in [6.07, 6.45) is 0. The average Bonchev–Trinajstić information content (AvgIpc) is 2.78.